The van der Waals surface area contributed by atoms with Crippen LogP contribution in [0.5, 0.6) is 5.75 Å². The van der Waals surface area contributed by atoms with Gasteiger partial charge in [-0.25, -0.2) is 9.50 Å². The lowest BCUT2D eigenvalue weighted by atomic mass is 10.1. The fourth-order valence-electron chi connectivity index (χ4n) is 1.83. The molecule has 0 amide bonds. The van der Waals surface area contributed by atoms with Crippen LogP contribution in [0.25, 0.3) is 16.9 Å². The second kappa shape index (κ2) is 3.90. The van der Waals surface area contributed by atoms with Gasteiger partial charge in [-0.15, -0.1) is 0 Å². The van der Waals surface area contributed by atoms with Gasteiger partial charge in [-0.3, -0.25) is 0 Å². The van der Waals surface area contributed by atoms with Crippen LogP contribution in [0.1, 0.15) is 0 Å². The van der Waals surface area contributed by atoms with Crippen LogP contribution in [-0.2, 0) is 0 Å². The molecule has 0 fully saturated rings. The van der Waals surface area contributed by atoms with Gasteiger partial charge in [0.25, 0.3) is 0 Å². The Bertz CT molecular complexity index is 643. The van der Waals surface area contributed by atoms with E-state index in [1.807, 2.05) is 47.0 Å². The highest BCUT2D eigenvalue weighted by molar-refractivity contribution is 5.63. The molecule has 0 aliphatic heterocycles. The average Bonchev–Trinajstić information content (AvgIpc) is 2.87. The van der Waals surface area contributed by atoms with Crippen molar-refractivity contribution in [2.24, 2.45) is 0 Å². The molecule has 2 aromatic heterocycles. The number of nitrogens with zero attached hydrogens (tertiary/aromatic N) is 3. The topological polar surface area (TPSA) is 39.4 Å². The molecule has 0 saturated carbocycles. The molecule has 0 aliphatic carbocycles. The number of pyridine rings is 1. The van der Waals surface area contributed by atoms with Crippen LogP contribution in [0.3, 0.4) is 0 Å². The molecule has 0 atom stereocenters. The summed E-state index contributed by atoms with van der Waals surface area (Å²) in [5, 5.41) is 4.21. The normalized spacial score (nSPS) is 10.6. The molecule has 0 unspecified atom stereocenters. The predicted molar refractivity (Wildman–Crippen MR) is 65.0 cm³/mol. The smallest absolute Gasteiger partial charge is 0.155 e. The summed E-state index contributed by atoms with van der Waals surface area (Å²) in [6.07, 6.45) is 1.56. The van der Waals surface area contributed by atoms with E-state index in [4.69, 9.17) is 4.74 Å². The zero-order valence-electron chi connectivity index (χ0n) is 9.37. The van der Waals surface area contributed by atoms with Crippen molar-refractivity contribution in [2.45, 2.75) is 0 Å². The van der Waals surface area contributed by atoms with E-state index in [1.165, 1.54) is 0 Å². The Morgan fingerprint density at radius 2 is 1.88 bits per heavy atom. The SMILES string of the molecule is COc1ccc(-c2cccc3ncnn23)cc1. The first-order valence-electron chi connectivity index (χ1n) is 5.31. The number of aromatic nitrogens is 3. The van der Waals surface area contributed by atoms with Crippen molar-refractivity contribution in [2.75, 3.05) is 7.11 Å². The third-order valence-corrected chi connectivity index (χ3v) is 2.69. The Morgan fingerprint density at radius 3 is 2.65 bits per heavy atom. The molecule has 3 aromatic rings. The quantitative estimate of drug-likeness (QED) is 0.672. The molecule has 0 aliphatic rings. The van der Waals surface area contributed by atoms with Crippen LogP contribution in [0.2, 0.25) is 0 Å². The van der Waals surface area contributed by atoms with E-state index in [1.54, 1.807) is 13.4 Å². The minimum Gasteiger partial charge on any atom is -0.497 e. The monoisotopic (exact) mass is 225 g/mol. The third kappa shape index (κ3) is 1.63. The van der Waals surface area contributed by atoms with E-state index in [0.29, 0.717) is 0 Å². The molecule has 17 heavy (non-hydrogen) atoms. The molecule has 4 heteroatoms. The number of hydrogen-bond acceptors (Lipinski definition) is 3. The molecule has 0 saturated heterocycles. The first-order chi connectivity index (χ1) is 8.38. The van der Waals surface area contributed by atoms with Crippen LogP contribution < -0.4 is 4.74 Å². The maximum absolute atomic E-state index is 5.14. The van der Waals surface area contributed by atoms with Gasteiger partial charge < -0.3 is 4.74 Å². The van der Waals surface area contributed by atoms with Crippen molar-refractivity contribution in [3.05, 3.63) is 48.8 Å². The van der Waals surface area contributed by atoms with Gasteiger partial charge in [0.15, 0.2) is 5.65 Å². The number of rotatable bonds is 2. The summed E-state index contributed by atoms with van der Waals surface area (Å²) in [4.78, 5) is 4.17. The van der Waals surface area contributed by atoms with Gasteiger partial charge >= 0.3 is 0 Å². The molecular weight excluding hydrogens is 214 g/mol. The zero-order chi connectivity index (χ0) is 11.7. The molecule has 4 nitrogen and oxygen atoms in total. The Kier molecular flexibility index (Phi) is 2.26. The predicted octanol–water partition coefficient (Wildman–Crippen LogP) is 2.40. The van der Waals surface area contributed by atoms with E-state index in [2.05, 4.69) is 10.1 Å². The molecule has 84 valence electrons. The number of ether oxygens (including phenoxy) is 1. The largest absolute Gasteiger partial charge is 0.497 e. The number of methoxy groups -OCH3 is 1. The Balaban J connectivity index is 2.16. The lowest BCUT2D eigenvalue weighted by Crippen LogP contribution is -1.93. The van der Waals surface area contributed by atoms with Crippen molar-refractivity contribution in [1.82, 2.24) is 14.6 Å². The van der Waals surface area contributed by atoms with Crippen LogP contribution in [0, 0.1) is 0 Å². The Labute approximate surface area is 98.5 Å². The molecule has 3 rings (SSSR count). The highest BCUT2D eigenvalue weighted by atomic mass is 16.5. The van der Waals surface area contributed by atoms with Gasteiger partial charge in [0.1, 0.15) is 12.1 Å². The average molecular weight is 225 g/mol. The van der Waals surface area contributed by atoms with Crippen LogP contribution in [-0.4, -0.2) is 21.7 Å². The van der Waals surface area contributed by atoms with Crippen LogP contribution in [0.4, 0.5) is 0 Å². The molecule has 2 heterocycles. The molecule has 0 spiro atoms. The maximum atomic E-state index is 5.14. The number of fused-ring (bicyclic) bond motifs is 1. The van der Waals surface area contributed by atoms with Gasteiger partial charge in [-0.2, -0.15) is 5.10 Å². The Morgan fingerprint density at radius 1 is 1.06 bits per heavy atom. The Hall–Kier alpha value is -2.36. The summed E-state index contributed by atoms with van der Waals surface area (Å²) in [6, 6.07) is 13.8. The van der Waals surface area contributed by atoms with Crippen LogP contribution in [0.15, 0.2) is 48.8 Å². The first kappa shape index (κ1) is 9.84. The summed E-state index contributed by atoms with van der Waals surface area (Å²) >= 11 is 0. The molecule has 1 aromatic carbocycles. The van der Waals surface area contributed by atoms with E-state index in [-0.39, 0.29) is 0 Å². The van der Waals surface area contributed by atoms with E-state index in [0.717, 1.165) is 22.7 Å². The first-order valence-corrected chi connectivity index (χ1v) is 5.31. The third-order valence-electron chi connectivity index (χ3n) is 2.69. The van der Waals surface area contributed by atoms with Gasteiger partial charge in [0.2, 0.25) is 0 Å². The summed E-state index contributed by atoms with van der Waals surface area (Å²) in [7, 11) is 1.66. The minimum atomic E-state index is 0.846. The molecular formula is C13H11N3O. The molecule has 0 radical (unpaired) electrons. The van der Waals surface area contributed by atoms with Gasteiger partial charge in [0.05, 0.1) is 12.8 Å². The lowest BCUT2D eigenvalue weighted by molar-refractivity contribution is 0.415. The summed E-state index contributed by atoms with van der Waals surface area (Å²) in [5.74, 6) is 0.847. The molecule has 0 N–H and O–H groups in total. The van der Waals surface area contributed by atoms with E-state index >= 15 is 0 Å². The second-order valence-corrected chi connectivity index (χ2v) is 3.67. The summed E-state index contributed by atoms with van der Waals surface area (Å²) in [5.41, 5.74) is 2.95. The number of hydrogen-bond donors (Lipinski definition) is 0. The second-order valence-electron chi connectivity index (χ2n) is 3.67. The lowest BCUT2D eigenvalue weighted by Gasteiger charge is -2.05. The summed E-state index contributed by atoms with van der Waals surface area (Å²) in [6.45, 7) is 0. The van der Waals surface area contributed by atoms with Crippen molar-refractivity contribution in [3.63, 3.8) is 0 Å². The highest BCUT2D eigenvalue weighted by Gasteiger charge is 2.04. The van der Waals surface area contributed by atoms with E-state index < -0.39 is 0 Å². The van der Waals surface area contributed by atoms with Crippen LogP contribution >= 0.6 is 0 Å². The van der Waals surface area contributed by atoms with Crippen molar-refractivity contribution in [1.29, 1.82) is 0 Å². The van der Waals surface area contributed by atoms with Crippen molar-refractivity contribution in [3.8, 4) is 17.0 Å². The van der Waals surface area contributed by atoms with Gasteiger partial charge in [0, 0.05) is 5.56 Å². The fourth-order valence-corrected chi connectivity index (χ4v) is 1.83. The number of benzene rings is 1. The standard InChI is InChI=1S/C13H11N3O/c1-17-11-7-5-10(6-8-11)12-3-2-4-13-14-9-15-16(12)13/h2-9H,1H3. The fraction of sp³-hybridized carbons (Fsp3) is 0.0769. The van der Waals surface area contributed by atoms with E-state index in [9.17, 15) is 0 Å². The zero-order valence-corrected chi connectivity index (χ0v) is 9.37. The van der Waals surface area contributed by atoms with Crippen molar-refractivity contribution >= 4 is 5.65 Å². The summed E-state index contributed by atoms with van der Waals surface area (Å²) < 4.78 is 6.96. The maximum Gasteiger partial charge on any atom is 0.155 e. The molecule has 0 bridgehead atoms. The van der Waals surface area contributed by atoms with Gasteiger partial charge in [-0.1, -0.05) is 6.07 Å². The highest BCUT2D eigenvalue weighted by Crippen LogP contribution is 2.22. The minimum absolute atomic E-state index is 0.846. The van der Waals surface area contributed by atoms with Gasteiger partial charge in [-0.05, 0) is 36.4 Å². The van der Waals surface area contributed by atoms with Crippen molar-refractivity contribution < 1.29 is 4.74 Å².